The number of carbonyl (C=O) groups is 1. The first-order chi connectivity index (χ1) is 10.7. The van der Waals surface area contributed by atoms with E-state index in [1.165, 1.54) is 23.8 Å². The van der Waals surface area contributed by atoms with E-state index >= 15 is 0 Å². The van der Waals surface area contributed by atoms with E-state index in [4.69, 9.17) is 0 Å². The van der Waals surface area contributed by atoms with Crippen molar-refractivity contribution in [2.45, 2.75) is 37.4 Å². The molecule has 2 fully saturated rings. The van der Waals surface area contributed by atoms with Crippen LogP contribution in [-0.2, 0) is 0 Å². The molecule has 22 heavy (non-hydrogen) atoms. The third-order valence-corrected chi connectivity index (χ3v) is 5.35. The van der Waals surface area contributed by atoms with Crippen LogP contribution >= 0.6 is 11.3 Å². The van der Waals surface area contributed by atoms with Gasteiger partial charge in [0.1, 0.15) is 5.82 Å². The number of nitrogens with zero attached hydrogens (tertiary/aromatic N) is 2. The van der Waals surface area contributed by atoms with E-state index in [1.807, 2.05) is 0 Å². The number of amides is 1. The van der Waals surface area contributed by atoms with Crippen LogP contribution in [0.3, 0.4) is 0 Å². The Hall–Kier alpha value is -1.86. The Kier molecular flexibility index (Phi) is 3.38. The van der Waals surface area contributed by atoms with E-state index in [-0.39, 0.29) is 11.9 Å². The summed E-state index contributed by atoms with van der Waals surface area (Å²) < 4.78 is 13.2. The summed E-state index contributed by atoms with van der Waals surface area (Å²) in [6.07, 6.45) is 7.62. The molecule has 2 saturated heterocycles. The zero-order valence-electron chi connectivity index (χ0n) is 11.8. The Morgan fingerprint density at radius 2 is 2.27 bits per heavy atom. The molecule has 2 bridgehead atoms. The Labute approximate surface area is 131 Å². The molecule has 4 heterocycles. The van der Waals surface area contributed by atoms with Gasteiger partial charge in [-0.2, -0.15) is 0 Å². The quantitative estimate of drug-likeness (QED) is 0.908. The number of aromatic nitrogens is 2. The van der Waals surface area contributed by atoms with Gasteiger partial charge in [-0.1, -0.05) is 0 Å². The Morgan fingerprint density at radius 1 is 1.36 bits per heavy atom. The van der Waals surface area contributed by atoms with Gasteiger partial charge in [0.25, 0.3) is 5.91 Å². The third-order valence-electron chi connectivity index (χ3n) is 4.31. The van der Waals surface area contributed by atoms with Crippen molar-refractivity contribution in [2.75, 3.05) is 0 Å². The summed E-state index contributed by atoms with van der Waals surface area (Å²) in [7, 11) is 0. The Morgan fingerprint density at radius 3 is 3.00 bits per heavy atom. The van der Waals surface area contributed by atoms with Gasteiger partial charge in [0.2, 0.25) is 0 Å². The van der Waals surface area contributed by atoms with Crippen LogP contribution in [0, 0.1) is 5.82 Å². The first-order valence-corrected chi connectivity index (χ1v) is 8.14. The first-order valence-electron chi connectivity index (χ1n) is 7.33. The van der Waals surface area contributed by atoms with Gasteiger partial charge in [-0.15, -0.1) is 11.3 Å². The average Bonchev–Trinajstić information content (AvgIpc) is 3.23. The molecule has 2 aliphatic heterocycles. The normalized spacial score (nSPS) is 26.3. The predicted molar refractivity (Wildman–Crippen MR) is 81.1 cm³/mol. The lowest BCUT2D eigenvalue weighted by atomic mass is 9.95. The van der Waals surface area contributed by atoms with Crippen LogP contribution in [0.25, 0.3) is 10.4 Å². The molecule has 0 spiro atoms. The maximum absolute atomic E-state index is 13.2. The molecule has 2 aliphatic rings. The van der Waals surface area contributed by atoms with E-state index in [9.17, 15) is 9.18 Å². The topological polar surface area (TPSA) is 66.9 Å². The highest BCUT2D eigenvalue weighted by molar-refractivity contribution is 7.16. The zero-order chi connectivity index (χ0) is 15.1. The third kappa shape index (κ3) is 2.50. The van der Waals surface area contributed by atoms with E-state index in [2.05, 4.69) is 20.6 Å². The molecule has 5 nitrogen and oxygen atoms in total. The van der Waals surface area contributed by atoms with Gasteiger partial charge >= 0.3 is 0 Å². The summed E-state index contributed by atoms with van der Waals surface area (Å²) in [6.45, 7) is 0. The molecule has 0 aromatic carbocycles. The number of hydrogen-bond donors (Lipinski definition) is 2. The number of fused-ring (bicyclic) bond motifs is 2. The smallest absolute Gasteiger partial charge is 0.280 e. The van der Waals surface area contributed by atoms with Crippen LogP contribution < -0.4 is 10.6 Å². The van der Waals surface area contributed by atoms with Crippen LogP contribution in [0.2, 0.25) is 0 Å². The van der Waals surface area contributed by atoms with E-state index in [1.54, 1.807) is 12.4 Å². The number of carbonyl (C=O) groups excluding carboxylic acids is 1. The lowest BCUT2D eigenvalue weighted by Crippen LogP contribution is -2.42. The summed E-state index contributed by atoms with van der Waals surface area (Å²) >= 11 is 1.26. The first kappa shape index (κ1) is 13.8. The van der Waals surface area contributed by atoms with Gasteiger partial charge in [0, 0.05) is 36.1 Å². The second kappa shape index (κ2) is 5.40. The minimum absolute atomic E-state index is 0.153. The fourth-order valence-corrected chi connectivity index (χ4v) is 4.07. The molecule has 0 radical (unpaired) electrons. The second-order valence-corrected chi connectivity index (χ2v) is 6.82. The largest absolute Gasteiger partial charge is 0.346 e. The SMILES string of the molecule is O=C(N[C@@H]1C[C@H]2CC[C@@H]1N2)c1ncc(-c2cncc(F)c2)s1. The van der Waals surface area contributed by atoms with Crippen molar-refractivity contribution in [3.63, 3.8) is 0 Å². The van der Waals surface area contributed by atoms with E-state index in [0.717, 1.165) is 23.9 Å². The van der Waals surface area contributed by atoms with Gasteiger partial charge in [0.15, 0.2) is 5.01 Å². The molecular formula is C15H15FN4OS. The monoisotopic (exact) mass is 318 g/mol. The molecular weight excluding hydrogens is 303 g/mol. The van der Waals surface area contributed by atoms with Crippen molar-refractivity contribution in [1.82, 2.24) is 20.6 Å². The molecule has 0 unspecified atom stereocenters. The number of hydrogen-bond acceptors (Lipinski definition) is 5. The highest BCUT2D eigenvalue weighted by Gasteiger charge is 2.39. The van der Waals surface area contributed by atoms with Crippen LogP contribution in [0.4, 0.5) is 4.39 Å². The molecule has 4 rings (SSSR count). The number of thiazole rings is 1. The number of rotatable bonds is 3. The molecule has 2 aromatic heterocycles. The Balaban J connectivity index is 1.48. The van der Waals surface area contributed by atoms with Crippen molar-refractivity contribution in [2.24, 2.45) is 0 Å². The fourth-order valence-electron chi connectivity index (χ4n) is 3.27. The lowest BCUT2D eigenvalue weighted by Gasteiger charge is -2.20. The lowest BCUT2D eigenvalue weighted by molar-refractivity contribution is 0.0930. The van der Waals surface area contributed by atoms with Gasteiger partial charge in [-0.05, 0) is 25.3 Å². The van der Waals surface area contributed by atoms with E-state index in [0.29, 0.717) is 22.7 Å². The van der Waals surface area contributed by atoms with Gasteiger partial charge in [0.05, 0.1) is 11.1 Å². The maximum Gasteiger partial charge on any atom is 0.280 e. The van der Waals surface area contributed by atoms with Crippen LogP contribution in [0.1, 0.15) is 29.1 Å². The van der Waals surface area contributed by atoms with Crippen LogP contribution in [0.5, 0.6) is 0 Å². The molecule has 3 atom stereocenters. The number of pyridine rings is 1. The van der Waals surface area contributed by atoms with Gasteiger partial charge in [-0.25, -0.2) is 9.37 Å². The summed E-state index contributed by atoms with van der Waals surface area (Å²) in [5.74, 6) is -0.551. The summed E-state index contributed by atoms with van der Waals surface area (Å²) in [5, 5.41) is 6.95. The number of halogens is 1. The van der Waals surface area contributed by atoms with E-state index < -0.39 is 5.82 Å². The molecule has 7 heteroatoms. The minimum atomic E-state index is -0.398. The predicted octanol–water partition coefficient (Wildman–Crippen LogP) is 1.97. The molecule has 0 aliphatic carbocycles. The molecule has 0 saturated carbocycles. The molecule has 1 amide bonds. The number of nitrogens with one attached hydrogen (secondary N) is 2. The standard InChI is InChI=1S/C15H15FN4OS/c16-9-3-8(5-17-6-9)13-7-18-15(22-13)14(21)20-12-4-10-1-2-11(12)19-10/h3,5-7,10-12,19H,1-2,4H2,(H,20,21)/t10-,11+,12-/m1/s1. The average molecular weight is 318 g/mol. The molecule has 2 N–H and O–H groups in total. The van der Waals surface area contributed by atoms with Crippen LogP contribution in [-0.4, -0.2) is 34.0 Å². The fraction of sp³-hybridized carbons (Fsp3) is 0.400. The summed E-state index contributed by atoms with van der Waals surface area (Å²) in [5.41, 5.74) is 0.637. The van der Waals surface area contributed by atoms with Crippen molar-refractivity contribution in [3.05, 3.63) is 35.5 Å². The minimum Gasteiger partial charge on any atom is -0.346 e. The van der Waals surface area contributed by atoms with Crippen molar-refractivity contribution < 1.29 is 9.18 Å². The summed E-state index contributed by atoms with van der Waals surface area (Å²) in [4.78, 5) is 21.0. The zero-order valence-corrected chi connectivity index (χ0v) is 12.6. The maximum atomic E-state index is 13.2. The molecule has 2 aromatic rings. The Bertz CT molecular complexity index is 719. The van der Waals surface area contributed by atoms with Crippen molar-refractivity contribution >= 4 is 17.2 Å². The van der Waals surface area contributed by atoms with Gasteiger partial charge in [-0.3, -0.25) is 9.78 Å². The molecule has 114 valence electrons. The highest BCUT2D eigenvalue weighted by Crippen LogP contribution is 2.29. The highest BCUT2D eigenvalue weighted by atomic mass is 32.1. The van der Waals surface area contributed by atoms with Crippen molar-refractivity contribution in [3.8, 4) is 10.4 Å². The van der Waals surface area contributed by atoms with Crippen molar-refractivity contribution in [1.29, 1.82) is 0 Å². The van der Waals surface area contributed by atoms with Crippen LogP contribution in [0.15, 0.2) is 24.7 Å². The second-order valence-electron chi connectivity index (χ2n) is 5.78. The summed E-state index contributed by atoms with van der Waals surface area (Å²) in [6, 6.07) is 2.51. The van der Waals surface area contributed by atoms with Gasteiger partial charge < -0.3 is 10.6 Å².